The number of hydrogen-bond acceptors (Lipinski definition) is 7. The Morgan fingerprint density at radius 1 is 1.22 bits per heavy atom. The van der Waals surface area contributed by atoms with Crippen LogP contribution in [0.2, 0.25) is 0 Å². The van der Waals surface area contributed by atoms with Gasteiger partial charge in [0.1, 0.15) is 18.9 Å². The van der Waals surface area contributed by atoms with Gasteiger partial charge < -0.3 is 19.9 Å². The zero-order valence-corrected chi connectivity index (χ0v) is 15.5. The third-order valence-corrected chi connectivity index (χ3v) is 4.54. The van der Waals surface area contributed by atoms with Crippen LogP contribution in [0, 0.1) is 0 Å². The van der Waals surface area contributed by atoms with Crippen molar-refractivity contribution in [3.05, 3.63) is 46.4 Å². The monoisotopic (exact) mass is 431 g/mol. The molecule has 2 N–H and O–H groups in total. The van der Waals surface area contributed by atoms with Crippen molar-refractivity contribution in [1.82, 2.24) is 20.2 Å². The van der Waals surface area contributed by atoms with Gasteiger partial charge in [-0.1, -0.05) is 15.9 Å². The first-order valence-corrected chi connectivity index (χ1v) is 8.75. The van der Waals surface area contributed by atoms with E-state index in [4.69, 9.17) is 19.9 Å². The number of primary amides is 1. The van der Waals surface area contributed by atoms with Crippen LogP contribution in [0.5, 0.6) is 17.2 Å². The zero-order chi connectivity index (χ0) is 18.8. The Hall–Kier alpha value is -3.14. The van der Waals surface area contributed by atoms with E-state index in [0.717, 1.165) is 20.4 Å². The Kier molecular flexibility index (Phi) is 4.63. The molecule has 138 valence electrons. The van der Waals surface area contributed by atoms with Crippen LogP contribution >= 0.6 is 15.9 Å². The molecular formula is C17H14BrN5O4. The highest BCUT2D eigenvalue weighted by Gasteiger charge is 2.16. The predicted octanol–water partition coefficient (Wildman–Crippen LogP) is 1.90. The van der Waals surface area contributed by atoms with Crippen LogP contribution in [-0.2, 0) is 17.9 Å². The SMILES string of the molecule is NC(=O)Cn1nnc(-c2ccc(OCc3cc4c(cc3Br)OCO4)cc2)n1. The molecule has 1 aliphatic rings. The molecule has 1 amide bonds. The van der Waals surface area contributed by atoms with Crippen LogP contribution in [0.15, 0.2) is 40.9 Å². The third kappa shape index (κ3) is 3.85. The van der Waals surface area contributed by atoms with Gasteiger partial charge >= 0.3 is 0 Å². The Labute approximate surface area is 162 Å². The molecule has 0 unspecified atom stereocenters. The lowest BCUT2D eigenvalue weighted by molar-refractivity contribution is -0.118. The summed E-state index contributed by atoms with van der Waals surface area (Å²) in [5.74, 6) is 1.98. The topological polar surface area (TPSA) is 114 Å². The van der Waals surface area contributed by atoms with E-state index in [9.17, 15) is 4.79 Å². The molecule has 0 radical (unpaired) electrons. The minimum absolute atomic E-state index is 0.112. The number of rotatable bonds is 6. The number of tetrazole rings is 1. The van der Waals surface area contributed by atoms with Gasteiger partial charge in [-0.05, 0) is 41.6 Å². The van der Waals surface area contributed by atoms with Crippen LogP contribution in [-0.4, -0.2) is 32.9 Å². The zero-order valence-electron chi connectivity index (χ0n) is 14.0. The molecule has 2 heterocycles. The fourth-order valence-corrected chi connectivity index (χ4v) is 2.93. The maximum absolute atomic E-state index is 10.9. The molecule has 0 spiro atoms. The van der Waals surface area contributed by atoms with Crippen molar-refractivity contribution in [1.29, 1.82) is 0 Å². The number of halogens is 1. The van der Waals surface area contributed by atoms with Crippen LogP contribution < -0.4 is 19.9 Å². The van der Waals surface area contributed by atoms with Gasteiger partial charge in [-0.25, -0.2) is 0 Å². The molecule has 0 atom stereocenters. The third-order valence-electron chi connectivity index (χ3n) is 3.80. The first kappa shape index (κ1) is 17.3. The van der Waals surface area contributed by atoms with Gasteiger partial charge in [-0.15, -0.1) is 10.2 Å². The summed E-state index contributed by atoms with van der Waals surface area (Å²) in [6.07, 6.45) is 0. The summed E-state index contributed by atoms with van der Waals surface area (Å²) in [5, 5.41) is 11.8. The first-order chi connectivity index (χ1) is 13.1. The van der Waals surface area contributed by atoms with Gasteiger partial charge in [0.05, 0.1) is 0 Å². The molecule has 10 heteroatoms. The Morgan fingerprint density at radius 3 is 2.70 bits per heavy atom. The van der Waals surface area contributed by atoms with E-state index >= 15 is 0 Å². The summed E-state index contributed by atoms with van der Waals surface area (Å²) in [4.78, 5) is 12.0. The summed E-state index contributed by atoms with van der Waals surface area (Å²) in [6.45, 7) is 0.480. The molecule has 1 aliphatic heterocycles. The molecule has 27 heavy (non-hydrogen) atoms. The lowest BCUT2D eigenvalue weighted by atomic mass is 10.2. The van der Waals surface area contributed by atoms with Gasteiger partial charge in [-0.2, -0.15) is 4.80 Å². The first-order valence-electron chi connectivity index (χ1n) is 7.96. The molecule has 0 saturated carbocycles. The van der Waals surface area contributed by atoms with E-state index in [1.54, 1.807) is 0 Å². The van der Waals surface area contributed by atoms with E-state index in [-0.39, 0.29) is 13.3 Å². The number of fused-ring (bicyclic) bond motifs is 1. The number of ether oxygens (including phenoxy) is 3. The quantitative estimate of drug-likeness (QED) is 0.633. The number of carbonyl (C=O) groups is 1. The number of amides is 1. The Bertz CT molecular complexity index is 989. The van der Waals surface area contributed by atoms with Crippen molar-refractivity contribution >= 4 is 21.8 Å². The Morgan fingerprint density at radius 2 is 1.96 bits per heavy atom. The molecule has 0 bridgehead atoms. The second-order valence-corrected chi connectivity index (χ2v) is 6.57. The maximum Gasteiger partial charge on any atom is 0.241 e. The number of carbonyl (C=O) groups excluding carboxylic acids is 1. The highest BCUT2D eigenvalue weighted by atomic mass is 79.9. The molecule has 1 aromatic heterocycles. The molecular weight excluding hydrogens is 418 g/mol. The molecule has 2 aromatic carbocycles. The lowest BCUT2D eigenvalue weighted by Gasteiger charge is -2.09. The van der Waals surface area contributed by atoms with Crippen molar-refractivity contribution < 1.29 is 19.0 Å². The van der Waals surface area contributed by atoms with Crippen molar-refractivity contribution in [2.75, 3.05) is 6.79 Å². The van der Waals surface area contributed by atoms with Crippen molar-refractivity contribution in [2.45, 2.75) is 13.2 Å². The number of nitrogens with zero attached hydrogens (tertiary/aromatic N) is 4. The van der Waals surface area contributed by atoms with Crippen LogP contribution in [0.4, 0.5) is 0 Å². The summed E-state index contributed by atoms with van der Waals surface area (Å²) >= 11 is 3.51. The summed E-state index contributed by atoms with van der Waals surface area (Å²) < 4.78 is 17.4. The highest BCUT2D eigenvalue weighted by Crippen LogP contribution is 2.37. The van der Waals surface area contributed by atoms with E-state index in [2.05, 4.69) is 31.3 Å². The average Bonchev–Trinajstić information content (AvgIpc) is 3.28. The summed E-state index contributed by atoms with van der Waals surface area (Å²) in [6, 6.07) is 11.0. The second-order valence-electron chi connectivity index (χ2n) is 5.72. The van der Waals surface area contributed by atoms with Crippen molar-refractivity contribution in [2.24, 2.45) is 5.73 Å². The van der Waals surface area contributed by atoms with E-state index in [1.165, 1.54) is 0 Å². The van der Waals surface area contributed by atoms with Crippen LogP contribution in [0.3, 0.4) is 0 Å². The fraction of sp³-hybridized carbons (Fsp3) is 0.176. The van der Waals surface area contributed by atoms with Gasteiger partial charge in [0.2, 0.25) is 18.5 Å². The molecule has 9 nitrogen and oxygen atoms in total. The molecule has 4 rings (SSSR count). The van der Waals surface area contributed by atoms with Crippen LogP contribution in [0.1, 0.15) is 5.56 Å². The second kappa shape index (κ2) is 7.23. The predicted molar refractivity (Wildman–Crippen MR) is 97.0 cm³/mol. The highest BCUT2D eigenvalue weighted by molar-refractivity contribution is 9.10. The lowest BCUT2D eigenvalue weighted by Crippen LogP contribution is -2.20. The molecule has 0 saturated heterocycles. The molecule has 3 aromatic rings. The number of benzene rings is 2. The van der Waals surface area contributed by atoms with Crippen LogP contribution in [0.25, 0.3) is 11.4 Å². The Balaban J connectivity index is 1.42. The summed E-state index contributed by atoms with van der Waals surface area (Å²) in [5.41, 5.74) is 6.81. The minimum Gasteiger partial charge on any atom is -0.489 e. The molecule has 0 aliphatic carbocycles. The maximum atomic E-state index is 10.9. The van der Waals surface area contributed by atoms with E-state index in [1.807, 2.05) is 36.4 Å². The fourth-order valence-electron chi connectivity index (χ4n) is 2.50. The standard InChI is InChI=1S/C17H14BrN5O4/c18-13-6-15-14(26-9-27-15)5-11(13)8-25-12-3-1-10(2-4-12)17-20-22-23(21-17)7-16(19)24/h1-6H,7-9H2,(H2,19,24). The van der Waals surface area contributed by atoms with E-state index < -0.39 is 5.91 Å². The van der Waals surface area contributed by atoms with Gasteiger partial charge in [0.15, 0.2) is 11.5 Å². The van der Waals surface area contributed by atoms with E-state index in [0.29, 0.717) is 29.7 Å². The minimum atomic E-state index is -0.530. The normalized spacial score (nSPS) is 12.2. The van der Waals surface area contributed by atoms with Gasteiger partial charge in [0, 0.05) is 15.6 Å². The average molecular weight is 432 g/mol. The smallest absolute Gasteiger partial charge is 0.241 e. The number of aromatic nitrogens is 4. The van der Waals surface area contributed by atoms with Crippen molar-refractivity contribution in [3.63, 3.8) is 0 Å². The number of hydrogen-bond donors (Lipinski definition) is 1. The summed E-state index contributed by atoms with van der Waals surface area (Å²) in [7, 11) is 0. The number of nitrogens with two attached hydrogens (primary N) is 1. The van der Waals surface area contributed by atoms with Gasteiger partial charge in [-0.3, -0.25) is 4.79 Å². The van der Waals surface area contributed by atoms with Crippen molar-refractivity contribution in [3.8, 4) is 28.6 Å². The largest absolute Gasteiger partial charge is 0.489 e. The van der Waals surface area contributed by atoms with Gasteiger partial charge in [0.25, 0.3) is 0 Å². The molecule has 0 fully saturated rings.